The van der Waals surface area contributed by atoms with Gasteiger partial charge < -0.3 is 4.90 Å². The fraction of sp³-hybridized carbons (Fsp3) is 0.273. The number of carbonyl (C=O) groups excluding carboxylic acids is 1. The topological polar surface area (TPSA) is 79.6 Å². The molecule has 0 N–H and O–H groups in total. The molecule has 0 radical (unpaired) electrons. The first-order chi connectivity index (χ1) is 15.0. The first-order valence-electron chi connectivity index (χ1n) is 9.93. The van der Waals surface area contributed by atoms with Gasteiger partial charge in [0.05, 0.1) is 9.82 Å². The molecule has 1 amide bonds. The van der Waals surface area contributed by atoms with Gasteiger partial charge in [0.25, 0.3) is 11.6 Å². The van der Waals surface area contributed by atoms with Gasteiger partial charge in [-0.3, -0.25) is 19.8 Å². The maximum absolute atomic E-state index is 13.0. The highest BCUT2D eigenvalue weighted by Gasteiger charge is 2.25. The Balaban J connectivity index is 1.42. The van der Waals surface area contributed by atoms with Crippen molar-refractivity contribution in [3.05, 3.63) is 80.8 Å². The van der Waals surface area contributed by atoms with Crippen molar-refractivity contribution in [3.63, 3.8) is 0 Å². The zero-order chi connectivity index (χ0) is 21.8. The second kappa shape index (κ2) is 9.59. The van der Waals surface area contributed by atoms with Crippen molar-refractivity contribution in [2.75, 3.05) is 26.2 Å². The summed E-state index contributed by atoms with van der Waals surface area (Å²) >= 11 is 2.70. The molecule has 160 valence electrons. The van der Waals surface area contributed by atoms with Crippen molar-refractivity contribution in [1.82, 2.24) is 14.8 Å². The zero-order valence-electron chi connectivity index (χ0n) is 17.1. The molecule has 2 aromatic carbocycles. The number of thiazole rings is 1. The summed E-state index contributed by atoms with van der Waals surface area (Å²) in [5, 5.41) is 13.5. The number of rotatable bonds is 6. The van der Waals surface area contributed by atoms with E-state index in [9.17, 15) is 14.9 Å². The average Bonchev–Trinajstić information content (AvgIpc) is 3.19. The molecule has 0 bridgehead atoms. The number of amides is 1. The third kappa shape index (κ3) is 5.30. The Bertz CT molecular complexity index is 1080. The van der Waals surface area contributed by atoms with Gasteiger partial charge >= 0.3 is 0 Å². The number of hydrogen-bond acceptors (Lipinski definition) is 7. The molecule has 0 saturated carbocycles. The van der Waals surface area contributed by atoms with Gasteiger partial charge in [-0.25, -0.2) is 4.98 Å². The van der Waals surface area contributed by atoms with Crippen LogP contribution in [0.3, 0.4) is 0 Å². The van der Waals surface area contributed by atoms with Crippen LogP contribution in [-0.4, -0.2) is 51.8 Å². The summed E-state index contributed by atoms with van der Waals surface area (Å²) in [5.74, 6) is -0.163. The summed E-state index contributed by atoms with van der Waals surface area (Å²) in [6.45, 7) is 5.51. The first kappa shape index (κ1) is 21.5. The van der Waals surface area contributed by atoms with Gasteiger partial charge in [-0.15, -0.1) is 11.3 Å². The van der Waals surface area contributed by atoms with E-state index < -0.39 is 4.92 Å². The van der Waals surface area contributed by atoms with Gasteiger partial charge in [-0.05, 0) is 24.6 Å². The minimum absolute atomic E-state index is 0.0635. The Morgan fingerprint density at radius 1 is 1.16 bits per heavy atom. The Labute approximate surface area is 188 Å². The van der Waals surface area contributed by atoms with Crippen LogP contribution in [0.1, 0.15) is 21.6 Å². The molecule has 9 heteroatoms. The zero-order valence-corrected chi connectivity index (χ0v) is 18.7. The summed E-state index contributed by atoms with van der Waals surface area (Å²) in [5.41, 5.74) is 2.42. The van der Waals surface area contributed by atoms with Crippen LogP contribution in [0.5, 0.6) is 0 Å². The molecule has 1 aromatic heterocycles. The van der Waals surface area contributed by atoms with Crippen molar-refractivity contribution in [2.24, 2.45) is 0 Å². The van der Waals surface area contributed by atoms with Crippen LogP contribution in [-0.2, 0) is 6.54 Å². The summed E-state index contributed by atoms with van der Waals surface area (Å²) in [4.78, 5) is 33.1. The number of nitro benzene ring substituents is 1. The molecule has 1 saturated heterocycles. The summed E-state index contributed by atoms with van der Waals surface area (Å²) < 4.78 is 0.745. The molecule has 31 heavy (non-hydrogen) atoms. The molecule has 7 nitrogen and oxygen atoms in total. The standard InChI is InChI=1S/C22H22N4O3S2/c1-16-15-30-22(23-16)31-20-8-7-18(13-19(20)26(28)29)21(27)25-11-9-24(10-12-25)14-17-5-3-2-4-6-17/h2-8,13,15H,9-12,14H2,1H3. The number of carbonyl (C=O) groups is 1. The Kier molecular flexibility index (Phi) is 6.64. The van der Waals surface area contributed by atoms with Crippen molar-refractivity contribution >= 4 is 34.7 Å². The van der Waals surface area contributed by atoms with E-state index in [0.29, 0.717) is 23.5 Å². The fourth-order valence-corrected chi connectivity index (χ4v) is 5.36. The van der Waals surface area contributed by atoms with Gasteiger partial charge in [0, 0.05) is 55.4 Å². The largest absolute Gasteiger partial charge is 0.336 e. The number of hydrogen-bond donors (Lipinski definition) is 0. The van der Waals surface area contributed by atoms with E-state index in [0.717, 1.165) is 29.7 Å². The molecule has 0 spiro atoms. The number of aromatic nitrogens is 1. The SMILES string of the molecule is Cc1csc(Sc2ccc(C(=O)N3CCN(Cc4ccccc4)CC3)cc2[N+](=O)[O-])n1. The molecule has 3 aromatic rings. The molecule has 0 aliphatic carbocycles. The molecular weight excluding hydrogens is 432 g/mol. The number of aryl methyl sites for hydroxylation is 1. The van der Waals surface area contributed by atoms with Crippen LogP contribution in [0.4, 0.5) is 5.69 Å². The number of benzene rings is 2. The van der Waals surface area contributed by atoms with Gasteiger partial charge in [-0.1, -0.05) is 42.1 Å². The second-order valence-electron chi connectivity index (χ2n) is 7.35. The molecule has 1 aliphatic rings. The van der Waals surface area contributed by atoms with E-state index in [1.807, 2.05) is 30.5 Å². The maximum Gasteiger partial charge on any atom is 0.284 e. The smallest absolute Gasteiger partial charge is 0.284 e. The van der Waals surface area contributed by atoms with E-state index in [1.54, 1.807) is 17.0 Å². The third-order valence-corrected chi connectivity index (χ3v) is 7.23. The summed E-state index contributed by atoms with van der Waals surface area (Å²) in [6.07, 6.45) is 0. The summed E-state index contributed by atoms with van der Waals surface area (Å²) in [6, 6.07) is 15.0. The van der Waals surface area contributed by atoms with E-state index >= 15 is 0 Å². The van der Waals surface area contributed by atoms with Crippen LogP contribution in [0.2, 0.25) is 0 Å². The monoisotopic (exact) mass is 454 g/mol. The predicted molar refractivity (Wildman–Crippen MR) is 122 cm³/mol. The minimum atomic E-state index is -0.433. The lowest BCUT2D eigenvalue weighted by Gasteiger charge is -2.34. The Hall–Kier alpha value is -2.75. The molecule has 4 rings (SSSR count). The van der Waals surface area contributed by atoms with E-state index in [-0.39, 0.29) is 11.6 Å². The molecule has 1 aliphatic heterocycles. The molecule has 1 fully saturated rings. The van der Waals surface area contributed by atoms with Gasteiger partial charge in [0.2, 0.25) is 0 Å². The van der Waals surface area contributed by atoms with Crippen LogP contribution >= 0.6 is 23.1 Å². The lowest BCUT2D eigenvalue weighted by atomic mass is 10.1. The fourth-order valence-electron chi connectivity index (χ4n) is 3.49. The van der Waals surface area contributed by atoms with Crippen LogP contribution in [0.15, 0.2) is 63.1 Å². The lowest BCUT2D eigenvalue weighted by molar-refractivity contribution is -0.387. The Morgan fingerprint density at radius 2 is 1.90 bits per heavy atom. The highest BCUT2D eigenvalue weighted by molar-refractivity contribution is 8.01. The number of nitro groups is 1. The number of piperazine rings is 1. The Morgan fingerprint density at radius 3 is 2.55 bits per heavy atom. The molecule has 2 heterocycles. The molecule has 0 atom stereocenters. The predicted octanol–water partition coefficient (Wildman–Crippen LogP) is 4.47. The highest BCUT2D eigenvalue weighted by Crippen LogP contribution is 2.37. The molecule has 0 unspecified atom stereocenters. The maximum atomic E-state index is 13.0. The van der Waals surface area contributed by atoms with Crippen LogP contribution in [0.25, 0.3) is 0 Å². The summed E-state index contributed by atoms with van der Waals surface area (Å²) in [7, 11) is 0. The molecular formula is C22H22N4O3S2. The van der Waals surface area contributed by atoms with Gasteiger partial charge in [-0.2, -0.15) is 0 Å². The van der Waals surface area contributed by atoms with Crippen LogP contribution < -0.4 is 0 Å². The van der Waals surface area contributed by atoms with Crippen molar-refractivity contribution < 1.29 is 9.72 Å². The second-order valence-corrected chi connectivity index (χ2v) is 9.50. The van der Waals surface area contributed by atoms with Crippen molar-refractivity contribution in [3.8, 4) is 0 Å². The van der Waals surface area contributed by atoms with Crippen LogP contribution in [0, 0.1) is 17.0 Å². The van der Waals surface area contributed by atoms with Gasteiger partial charge in [0.1, 0.15) is 0 Å². The highest BCUT2D eigenvalue weighted by atomic mass is 32.2. The first-order valence-corrected chi connectivity index (χ1v) is 11.6. The lowest BCUT2D eigenvalue weighted by Crippen LogP contribution is -2.48. The van der Waals surface area contributed by atoms with E-state index in [2.05, 4.69) is 22.0 Å². The average molecular weight is 455 g/mol. The van der Waals surface area contributed by atoms with E-state index in [4.69, 9.17) is 0 Å². The van der Waals surface area contributed by atoms with Crippen molar-refractivity contribution in [2.45, 2.75) is 22.7 Å². The third-order valence-electron chi connectivity index (χ3n) is 5.11. The minimum Gasteiger partial charge on any atom is -0.336 e. The normalized spacial score (nSPS) is 14.5. The quantitative estimate of drug-likeness (QED) is 0.404. The van der Waals surface area contributed by atoms with Gasteiger partial charge in [0.15, 0.2) is 4.34 Å². The van der Waals surface area contributed by atoms with Crippen molar-refractivity contribution in [1.29, 1.82) is 0 Å². The number of nitrogens with zero attached hydrogens (tertiary/aromatic N) is 4. The van der Waals surface area contributed by atoms with E-state index in [1.165, 1.54) is 34.7 Å².